The van der Waals surface area contributed by atoms with Crippen molar-refractivity contribution in [3.05, 3.63) is 59.7 Å². The maximum absolute atomic E-state index is 4.27. The lowest BCUT2D eigenvalue weighted by Crippen LogP contribution is -1.90. The lowest BCUT2D eigenvalue weighted by molar-refractivity contribution is 0.956. The second-order valence-corrected chi connectivity index (χ2v) is 4.87. The molecule has 0 aliphatic carbocycles. The number of benzene rings is 2. The van der Waals surface area contributed by atoms with Crippen LogP contribution in [-0.2, 0) is 12.8 Å². The summed E-state index contributed by atoms with van der Waals surface area (Å²) in [6, 6.07) is 16.7. The van der Waals surface area contributed by atoms with Gasteiger partial charge in [-0.1, -0.05) is 24.3 Å². The van der Waals surface area contributed by atoms with E-state index in [1.807, 2.05) is 24.3 Å². The average molecular weight is 246 g/mol. The minimum Gasteiger partial charge on any atom is -0.143 e. The third-order valence-corrected chi connectivity index (χ3v) is 3.17. The lowest BCUT2D eigenvalue weighted by Gasteiger charge is -2.03. The normalized spacial score (nSPS) is 10.4. The molecule has 0 fully saturated rings. The van der Waals surface area contributed by atoms with Crippen LogP contribution in [0.3, 0.4) is 0 Å². The van der Waals surface area contributed by atoms with Crippen molar-refractivity contribution in [3.63, 3.8) is 0 Å². The monoisotopic (exact) mass is 246 g/mol. The molecule has 2 aromatic rings. The highest BCUT2D eigenvalue weighted by Crippen LogP contribution is 2.12. The predicted molar refractivity (Wildman–Crippen MR) is 74.8 cm³/mol. The fourth-order valence-corrected chi connectivity index (χ4v) is 1.91. The molecule has 0 N–H and O–H groups in total. The van der Waals surface area contributed by atoms with Gasteiger partial charge >= 0.3 is 0 Å². The Morgan fingerprint density at radius 3 is 1.19 bits per heavy atom. The van der Waals surface area contributed by atoms with Gasteiger partial charge in [0.1, 0.15) is 0 Å². The largest absolute Gasteiger partial charge is 0.143 e. The van der Waals surface area contributed by atoms with Gasteiger partial charge in [-0.15, -0.1) is 25.3 Å². The standard InChI is InChI=1S/C14H14S2/c15-13-7-3-11(4-8-13)1-2-12-5-9-14(16)10-6-12/h3-10,15-16H,1-2H2. The Morgan fingerprint density at radius 1 is 0.562 bits per heavy atom. The van der Waals surface area contributed by atoms with Crippen LogP contribution in [0.25, 0.3) is 0 Å². The minimum absolute atomic E-state index is 1.02. The van der Waals surface area contributed by atoms with E-state index in [0.29, 0.717) is 0 Å². The van der Waals surface area contributed by atoms with Crippen LogP contribution in [-0.4, -0.2) is 0 Å². The van der Waals surface area contributed by atoms with Gasteiger partial charge in [0.15, 0.2) is 0 Å². The van der Waals surface area contributed by atoms with E-state index < -0.39 is 0 Å². The summed E-state index contributed by atoms with van der Waals surface area (Å²) >= 11 is 8.54. The van der Waals surface area contributed by atoms with Gasteiger partial charge in [0.2, 0.25) is 0 Å². The molecular weight excluding hydrogens is 232 g/mol. The smallest absolute Gasteiger partial charge is 0.00401 e. The summed E-state index contributed by atoms with van der Waals surface area (Å²) in [6.45, 7) is 0. The Kier molecular flexibility index (Phi) is 3.97. The first-order valence-electron chi connectivity index (χ1n) is 5.30. The molecule has 0 nitrogen and oxygen atoms in total. The van der Waals surface area contributed by atoms with Crippen molar-refractivity contribution in [2.45, 2.75) is 22.6 Å². The first-order chi connectivity index (χ1) is 7.74. The van der Waals surface area contributed by atoms with Crippen LogP contribution >= 0.6 is 25.3 Å². The maximum Gasteiger partial charge on any atom is 0.00401 e. The van der Waals surface area contributed by atoms with Crippen LogP contribution in [0.2, 0.25) is 0 Å². The number of hydrogen-bond donors (Lipinski definition) is 2. The maximum atomic E-state index is 4.27. The van der Waals surface area contributed by atoms with Gasteiger partial charge in [0.05, 0.1) is 0 Å². The van der Waals surface area contributed by atoms with E-state index in [1.165, 1.54) is 11.1 Å². The van der Waals surface area contributed by atoms with Crippen molar-refractivity contribution < 1.29 is 0 Å². The molecule has 2 aromatic carbocycles. The Morgan fingerprint density at radius 2 is 0.875 bits per heavy atom. The molecule has 0 saturated carbocycles. The van der Waals surface area contributed by atoms with Gasteiger partial charge < -0.3 is 0 Å². The quantitative estimate of drug-likeness (QED) is 0.750. The van der Waals surface area contributed by atoms with Crippen LogP contribution in [0.5, 0.6) is 0 Å². The van der Waals surface area contributed by atoms with Gasteiger partial charge in [-0.05, 0) is 48.2 Å². The topological polar surface area (TPSA) is 0 Å². The van der Waals surface area contributed by atoms with Crippen LogP contribution in [0, 0.1) is 0 Å². The molecule has 2 heteroatoms. The third-order valence-electron chi connectivity index (χ3n) is 2.58. The fraction of sp³-hybridized carbons (Fsp3) is 0.143. The van der Waals surface area contributed by atoms with Gasteiger partial charge in [0.25, 0.3) is 0 Å². The zero-order valence-corrected chi connectivity index (χ0v) is 10.7. The van der Waals surface area contributed by atoms with Crippen molar-refractivity contribution in [1.29, 1.82) is 0 Å². The Labute approximate surface area is 108 Å². The number of aryl methyl sites for hydroxylation is 2. The van der Waals surface area contributed by atoms with Gasteiger partial charge in [-0.25, -0.2) is 0 Å². The van der Waals surface area contributed by atoms with Crippen LogP contribution in [0.4, 0.5) is 0 Å². The SMILES string of the molecule is Sc1ccc(CCc2ccc(S)cc2)cc1. The molecule has 0 aliphatic rings. The van der Waals surface area contributed by atoms with Crippen molar-refractivity contribution in [3.8, 4) is 0 Å². The zero-order chi connectivity index (χ0) is 11.4. The Balaban J connectivity index is 1.97. The second kappa shape index (κ2) is 5.46. The number of rotatable bonds is 3. The van der Waals surface area contributed by atoms with Gasteiger partial charge in [-0.2, -0.15) is 0 Å². The van der Waals surface area contributed by atoms with Gasteiger partial charge in [-0.3, -0.25) is 0 Å². The molecule has 0 atom stereocenters. The highest BCUT2D eigenvalue weighted by Gasteiger charge is 1.96. The predicted octanol–water partition coefficient (Wildman–Crippen LogP) is 4.05. The molecule has 0 saturated heterocycles. The van der Waals surface area contributed by atoms with Crippen molar-refractivity contribution in [1.82, 2.24) is 0 Å². The summed E-state index contributed by atoms with van der Waals surface area (Å²) < 4.78 is 0. The van der Waals surface area contributed by atoms with Crippen LogP contribution in [0.15, 0.2) is 58.3 Å². The molecule has 16 heavy (non-hydrogen) atoms. The number of thiol groups is 2. The number of hydrogen-bond acceptors (Lipinski definition) is 2. The highest BCUT2D eigenvalue weighted by atomic mass is 32.1. The van der Waals surface area contributed by atoms with E-state index in [-0.39, 0.29) is 0 Å². The van der Waals surface area contributed by atoms with Crippen LogP contribution in [0.1, 0.15) is 11.1 Å². The Bertz CT molecular complexity index is 398. The molecular formula is C14H14S2. The Hall–Kier alpha value is -0.860. The molecule has 0 aliphatic heterocycles. The van der Waals surface area contributed by atoms with E-state index in [2.05, 4.69) is 49.5 Å². The second-order valence-electron chi connectivity index (χ2n) is 3.83. The van der Waals surface area contributed by atoms with E-state index in [1.54, 1.807) is 0 Å². The minimum atomic E-state index is 1.02. The van der Waals surface area contributed by atoms with Crippen molar-refractivity contribution >= 4 is 25.3 Å². The summed E-state index contributed by atoms with van der Waals surface area (Å²) in [6.07, 6.45) is 2.14. The summed E-state index contributed by atoms with van der Waals surface area (Å²) in [5, 5.41) is 0. The first-order valence-corrected chi connectivity index (χ1v) is 6.19. The fourth-order valence-electron chi connectivity index (χ4n) is 1.61. The first kappa shape index (κ1) is 11.6. The van der Waals surface area contributed by atoms with E-state index in [0.717, 1.165) is 22.6 Å². The highest BCUT2D eigenvalue weighted by molar-refractivity contribution is 7.80. The van der Waals surface area contributed by atoms with Crippen LogP contribution < -0.4 is 0 Å². The van der Waals surface area contributed by atoms with E-state index in [4.69, 9.17) is 0 Å². The molecule has 0 spiro atoms. The summed E-state index contributed by atoms with van der Waals surface area (Å²) in [4.78, 5) is 2.03. The molecule has 2 rings (SSSR count). The summed E-state index contributed by atoms with van der Waals surface area (Å²) in [5.74, 6) is 0. The van der Waals surface area contributed by atoms with Crippen molar-refractivity contribution in [2.75, 3.05) is 0 Å². The van der Waals surface area contributed by atoms with Crippen molar-refractivity contribution in [2.24, 2.45) is 0 Å². The van der Waals surface area contributed by atoms with E-state index >= 15 is 0 Å². The molecule has 0 aromatic heterocycles. The molecule has 0 bridgehead atoms. The molecule has 0 heterocycles. The summed E-state index contributed by atoms with van der Waals surface area (Å²) in [5.41, 5.74) is 2.71. The molecule has 82 valence electrons. The molecule has 0 unspecified atom stereocenters. The van der Waals surface area contributed by atoms with Gasteiger partial charge in [0, 0.05) is 9.79 Å². The molecule has 0 amide bonds. The summed E-state index contributed by atoms with van der Waals surface area (Å²) in [7, 11) is 0. The third kappa shape index (κ3) is 3.32. The zero-order valence-electron chi connectivity index (χ0n) is 8.93. The van der Waals surface area contributed by atoms with E-state index in [9.17, 15) is 0 Å². The molecule has 0 radical (unpaired) electrons. The average Bonchev–Trinajstić information content (AvgIpc) is 2.30. The lowest BCUT2D eigenvalue weighted by atomic mass is 10.0.